The van der Waals surface area contributed by atoms with E-state index in [0.717, 1.165) is 0 Å². The SMILES string of the molecule is CC(Oc1ccc(Cl)cc1Br)C(=O)c1ccc(Cl)cc1Cl. The molecular weight excluding hydrogens is 398 g/mol. The van der Waals surface area contributed by atoms with Gasteiger partial charge in [0.15, 0.2) is 6.10 Å². The molecule has 0 aliphatic heterocycles. The van der Waals surface area contributed by atoms with E-state index >= 15 is 0 Å². The van der Waals surface area contributed by atoms with E-state index in [1.165, 1.54) is 6.07 Å². The van der Waals surface area contributed by atoms with Gasteiger partial charge in [-0.2, -0.15) is 0 Å². The van der Waals surface area contributed by atoms with Gasteiger partial charge in [-0.05, 0) is 59.3 Å². The van der Waals surface area contributed by atoms with Crippen LogP contribution in [0.25, 0.3) is 0 Å². The van der Waals surface area contributed by atoms with E-state index in [4.69, 9.17) is 39.5 Å². The topological polar surface area (TPSA) is 26.3 Å². The number of ketones is 1. The summed E-state index contributed by atoms with van der Waals surface area (Å²) in [5.74, 6) is 0.309. The Morgan fingerprint density at radius 3 is 2.33 bits per heavy atom. The van der Waals surface area contributed by atoms with E-state index in [1.807, 2.05) is 0 Å². The van der Waals surface area contributed by atoms with Crippen molar-refractivity contribution in [1.29, 1.82) is 0 Å². The molecule has 1 atom stereocenters. The van der Waals surface area contributed by atoms with E-state index < -0.39 is 6.10 Å². The van der Waals surface area contributed by atoms with Gasteiger partial charge in [0.25, 0.3) is 0 Å². The van der Waals surface area contributed by atoms with Crippen LogP contribution >= 0.6 is 50.7 Å². The highest BCUT2D eigenvalue weighted by Crippen LogP contribution is 2.30. The molecule has 0 radical (unpaired) electrons. The number of hydrogen-bond donors (Lipinski definition) is 0. The summed E-state index contributed by atoms with van der Waals surface area (Å²) in [6, 6.07) is 9.81. The van der Waals surface area contributed by atoms with E-state index in [2.05, 4.69) is 15.9 Å². The molecule has 0 fully saturated rings. The van der Waals surface area contributed by atoms with E-state index in [-0.39, 0.29) is 5.78 Å². The Morgan fingerprint density at radius 2 is 1.71 bits per heavy atom. The van der Waals surface area contributed by atoms with Crippen LogP contribution in [-0.2, 0) is 0 Å². The summed E-state index contributed by atoms with van der Waals surface area (Å²) in [4.78, 5) is 12.4. The van der Waals surface area contributed by atoms with Gasteiger partial charge in [-0.3, -0.25) is 4.79 Å². The van der Waals surface area contributed by atoms with Crippen LogP contribution in [0.3, 0.4) is 0 Å². The molecule has 0 heterocycles. The standard InChI is InChI=1S/C15H10BrCl3O2/c1-8(21-14-5-3-9(17)6-12(14)16)15(20)11-4-2-10(18)7-13(11)19/h2-8H,1H3. The van der Waals surface area contributed by atoms with Crippen molar-refractivity contribution in [3.05, 3.63) is 61.5 Å². The molecule has 0 aliphatic rings. The van der Waals surface area contributed by atoms with Crippen LogP contribution in [0, 0.1) is 0 Å². The first-order chi connectivity index (χ1) is 9.88. The van der Waals surface area contributed by atoms with Crippen molar-refractivity contribution in [2.45, 2.75) is 13.0 Å². The number of hydrogen-bond acceptors (Lipinski definition) is 2. The summed E-state index contributed by atoms with van der Waals surface area (Å²) < 4.78 is 6.33. The normalized spacial score (nSPS) is 12.0. The Bertz CT molecular complexity index is 689. The van der Waals surface area contributed by atoms with Gasteiger partial charge in [0.05, 0.1) is 9.50 Å². The van der Waals surface area contributed by atoms with Crippen LogP contribution in [0.1, 0.15) is 17.3 Å². The fraction of sp³-hybridized carbons (Fsp3) is 0.133. The number of Topliss-reactive ketones (excluding diaryl/α,β-unsaturated/α-hetero) is 1. The zero-order valence-electron chi connectivity index (χ0n) is 10.9. The fourth-order valence-electron chi connectivity index (χ4n) is 1.72. The van der Waals surface area contributed by atoms with E-state index in [9.17, 15) is 4.79 Å². The van der Waals surface area contributed by atoms with Crippen molar-refractivity contribution in [3.8, 4) is 5.75 Å². The third kappa shape index (κ3) is 4.13. The average Bonchev–Trinajstić information content (AvgIpc) is 2.41. The maximum atomic E-state index is 12.4. The zero-order valence-corrected chi connectivity index (χ0v) is 14.7. The van der Waals surface area contributed by atoms with Crippen molar-refractivity contribution in [2.75, 3.05) is 0 Å². The lowest BCUT2D eigenvalue weighted by Gasteiger charge is -2.15. The second kappa shape index (κ2) is 7.01. The van der Waals surface area contributed by atoms with Crippen LogP contribution in [0.5, 0.6) is 5.75 Å². The molecule has 0 aliphatic carbocycles. The highest BCUT2D eigenvalue weighted by atomic mass is 79.9. The first kappa shape index (κ1) is 16.6. The third-order valence-electron chi connectivity index (χ3n) is 2.76. The molecule has 0 N–H and O–H groups in total. The minimum atomic E-state index is -0.693. The summed E-state index contributed by atoms with van der Waals surface area (Å²) in [6.45, 7) is 1.66. The predicted octanol–water partition coefficient (Wildman–Crippen LogP) is 6.06. The molecule has 6 heteroatoms. The van der Waals surface area contributed by atoms with Crippen molar-refractivity contribution in [1.82, 2.24) is 0 Å². The molecule has 0 bridgehead atoms. The van der Waals surface area contributed by atoms with Gasteiger partial charge in [-0.25, -0.2) is 0 Å². The van der Waals surface area contributed by atoms with Crippen molar-refractivity contribution in [2.24, 2.45) is 0 Å². The lowest BCUT2D eigenvalue weighted by Crippen LogP contribution is -2.24. The molecule has 0 spiro atoms. The minimum Gasteiger partial charge on any atom is -0.481 e. The Labute approximate surface area is 146 Å². The van der Waals surface area contributed by atoms with E-state index in [1.54, 1.807) is 37.3 Å². The number of benzene rings is 2. The number of carbonyl (C=O) groups excluding carboxylic acids is 1. The molecule has 0 saturated heterocycles. The Hall–Kier alpha value is -0.740. The number of halogens is 4. The molecule has 2 rings (SSSR count). The summed E-state index contributed by atoms with van der Waals surface area (Å²) in [6.07, 6.45) is -0.693. The third-order valence-corrected chi connectivity index (χ3v) is 4.17. The molecule has 2 aromatic rings. The van der Waals surface area contributed by atoms with Crippen LogP contribution < -0.4 is 4.74 Å². The lowest BCUT2D eigenvalue weighted by molar-refractivity contribution is 0.0817. The van der Waals surface area contributed by atoms with Gasteiger partial charge >= 0.3 is 0 Å². The quantitative estimate of drug-likeness (QED) is 0.575. The van der Waals surface area contributed by atoms with E-state index in [0.29, 0.717) is 30.9 Å². The maximum Gasteiger partial charge on any atom is 0.204 e. The fourth-order valence-corrected chi connectivity index (χ4v) is 3.00. The second-order valence-corrected chi connectivity index (χ2v) is 6.46. The minimum absolute atomic E-state index is 0.224. The molecule has 21 heavy (non-hydrogen) atoms. The highest BCUT2D eigenvalue weighted by Gasteiger charge is 2.20. The number of ether oxygens (including phenoxy) is 1. The van der Waals surface area contributed by atoms with Gasteiger partial charge in [0.2, 0.25) is 5.78 Å². The van der Waals surface area contributed by atoms with Gasteiger partial charge in [-0.1, -0.05) is 34.8 Å². The number of rotatable bonds is 4. The Morgan fingerprint density at radius 1 is 1.10 bits per heavy atom. The van der Waals surface area contributed by atoms with Gasteiger partial charge in [0, 0.05) is 15.6 Å². The smallest absolute Gasteiger partial charge is 0.204 e. The van der Waals surface area contributed by atoms with Crippen LogP contribution in [-0.4, -0.2) is 11.9 Å². The summed E-state index contributed by atoms with van der Waals surface area (Å²) in [7, 11) is 0. The molecule has 0 saturated carbocycles. The van der Waals surface area contributed by atoms with Crippen molar-refractivity contribution < 1.29 is 9.53 Å². The second-order valence-electron chi connectivity index (χ2n) is 4.32. The Balaban J connectivity index is 2.19. The molecule has 2 aromatic carbocycles. The molecule has 0 aromatic heterocycles. The lowest BCUT2D eigenvalue weighted by atomic mass is 10.1. The van der Waals surface area contributed by atoms with Crippen LogP contribution in [0.4, 0.5) is 0 Å². The largest absolute Gasteiger partial charge is 0.481 e. The first-order valence-corrected chi connectivity index (χ1v) is 7.92. The summed E-state index contributed by atoms with van der Waals surface area (Å²) in [5.41, 5.74) is 0.374. The first-order valence-electron chi connectivity index (χ1n) is 5.99. The van der Waals surface area contributed by atoms with Crippen molar-refractivity contribution in [3.63, 3.8) is 0 Å². The Kier molecular flexibility index (Phi) is 5.55. The van der Waals surface area contributed by atoms with Crippen molar-refractivity contribution >= 4 is 56.5 Å². The van der Waals surface area contributed by atoms with Gasteiger partial charge in [0.1, 0.15) is 5.75 Å². The molecule has 110 valence electrons. The monoisotopic (exact) mass is 406 g/mol. The number of carbonyl (C=O) groups is 1. The zero-order chi connectivity index (χ0) is 15.6. The summed E-state index contributed by atoms with van der Waals surface area (Å²) in [5, 5.41) is 1.36. The van der Waals surface area contributed by atoms with Gasteiger partial charge in [-0.15, -0.1) is 0 Å². The summed E-state index contributed by atoms with van der Waals surface area (Å²) >= 11 is 21.1. The maximum absolute atomic E-state index is 12.4. The highest BCUT2D eigenvalue weighted by molar-refractivity contribution is 9.10. The predicted molar refractivity (Wildman–Crippen MR) is 90.0 cm³/mol. The molecular formula is C15H10BrCl3O2. The molecule has 0 amide bonds. The average molecular weight is 409 g/mol. The van der Waals surface area contributed by atoms with Crippen LogP contribution in [0.15, 0.2) is 40.9 Å². The van der Waals surface area contributed by atoms with Crippen LogP contribution in [0.2, 0.25) is 15.1 Å². The molecule has 1 unspecified atom stereocenters. The van der Waals surface area contributed by atoms with Gasteiger partial charge < -0.3 is 4.74 Å². The molecule has 2 nitrogen and oxygen atoms in total.